The number of nitrogens with one attached hydrogen (secondary N) is 2. The van der Waals surface area contributed by atoms with E-state index in [2.05, 4.69) is 32.0 Å². The van der Waals surface area contributed by atoms with Crippen molar-refractivity contribution in [1.29, 1.82) is 5.26 Å². The molecule has 2 bridgehead atoms. The van der Waals surface area contributed by atoms with Gasteiger partial charge in [0, 0.05) is 30.9 Å². The van der Waals surface area contributed by atoms with Gasteiger partial charge >= 0.3 is 5.97 Å². The van der Waals surface area contributed by atoms with Crippen molar-refractivity contribution < 1.29 is 14.7 Å². The van der Waals surface area contributed by atoms with E-state index in [0.29, 0.717) is 30.7 Å². The molecule has 4 aromatic heterocycles. The molecule has 0 aromatic carbocycles. The number of fused-ring (bicyclic) bond motifs is 1. The van der Waals surface area contributed by atoms with Crippen molar-refractivity contribution >= 4 is 34.4 Å². The highest BCUT2D eigenvalue weighted by Gasteiger charge is 2.75. The third-order valence-corrected chi connectivity index (χ3v) is 10.2. The minimum absolute atomic E-state index is 0.0358. The summed E-state index contributed by atoms with van der Waals surface area (Å²) < 4.78 is 1.77. The number of anilines is 1. The lowest BCUT2D eigenvalue weighted by molar-refractivity contribution is -0.220. The van der Waals surface area contributed by atoms with Gasteiger partial charge in [-0.1, -0.05) is 11.3 Å². The van der Waals surface area contributed by atoms with Gasteiger partial charge in [0.15, 0.2) is 5.01 Å². The molecule has 1 amide bonds. The van der Waals surface area contributed by atoms with Crippen LogP contribution in [-0.4, -0.2) is 54.9 Å². The van der Waals surface area contributed by atoms with Crippen LogP contribution in [0, 0.1) is 22.2 Å². The van der Waals surface area contributed by atoms with Crippen molar-refractivity contribution in [1.82, 2.24) is 30.1 Å². The van der Waals surface area contributed by atoms with E-state index in [4.69, 9.17) is 10.2 Å². The van der Waals surface area contributed by atoms with Crippen LogP contribution in [0.5, 0.6) is 0 Å². The van der Waals surface area contributed by atoms with E-state index in [-0.39, 0.29) is 11.9 Å². The van der Waals surface area contributed by atoms with E-state index >= 15 is 0 Å². The zero-order chi connectivity index (χ0) is 28.4. The molecule has 4 saturated carbocycles. The molecule has 3 N–H and O–H groups in total. The number of aliphatic carboxylic acids is 1. The Balaban J connectivity index is 1.01. The second-order valence-corrected chi connectivity index (χ2v) is 12.6. The predicted octanol–water partition coefficient (Wildman–Crippen LogP) is 4.23. The zero-order valence-electron chi connectivity index (χ0n) is 22.4. The first kappa shape index (κ1) is 25.6. The van der Waals surface area contributed by atoms with Crippen molar-refractivity contribution in [3.8, 4) is 28.0 Å². The summed E-state index contributed by atoms with van der Waals surface area (Å²) in [7, 11) is 1.86. The number of carbonyl (C=O) groups excluding carboxylic acids is 1. The second kappa shape index (κ2) is 9.34. The maximum absolute atomic E-state index is 12.8. The highest BCUT2D eigenvalue weighted by Crippen LogP contribution is 2.73. The average Bonchev–Trinajstić information content (AvgIpc) is 3.59. The summed E-state index contributed by atoms with van der Waals surface area (Å²) in [6, 6.07) is 9.86. The number of rotatable bonds is 7. The van der Waals surface area contributed by atoms with Gasteiger partial charge < -0.3 is 15.7 Å². The maximum atomic E-state index is 12.8. The number of nitriles is 1. The summed E-state index contributed by atoms with van der Waals surface area (Å²) in [5.74, 6) is -0.435. The average molecular weight is 569 g/mol. The van der Waals surface area contributed by atoms with Gasteiger partial charge in [-0.15, -0.1) is 10.2 Å². The third-order valence-electron chi connectivity index (χ3n) is 9.11. The number of carboxylic acid groups (broad SMARTS) is 1. The Morgan fingerprint density at radius 3 is 2.59 bits per heavy atom. The van der Waals surface area contributed by atoms with Gasteiger partial charge in [-0.3, -0.25) is 14.6 Å². The highest BCUT2D eigenvalue weighted by molar-refractivity contribution is 7.14. The lowest BCUT2D eigenvalue weighted by Crippen LogP contribution is -2.71. The van der Waals surface area contributed by atoms with Gasteiger partial charge in [-0.2, -0.15) is 10.4 Å². The van der Waals surface area contributed by atoms with Gasteiger partial charge in [0.25, 0.3) is 0 Å². The monoisotopic (exact) mass is 568 g/mol. The van der Waals surface area contributed by atoms with Crippen LogP contribution in [0.25, 0.3) is 27.5 Å². The summed E-state index contributed by atoms with van der Waals surface area (Å²) >= 11 is 1.58. The molecule has 8 rings (SSSR count). The number of nitrogens with zero attached hydrogens (tertiary/aromatic N) is 6. The Bertz CT molecular complexity index is 1730. The van der Waals surface area contributed by atoms with Crippen molar-refractivity contribution in [3.05, 3.63) is 47.2 Å². The molecule has 208 valence electrons. The van der Waals surface area contributed by atoms with Gasteiger partial charge in [0.05, 0.1) is 45.1 Å². The van der Waals surface area contributed by atoms with E-state index in [1.54, 1.807) is 34.3 Å². The molecule has 4 aromatic rings. The summed E-state index contributed by atoms with van der Waals surface area (Å²) in [5, 5.41) is 40.2. The molecule has 12 heteroatoms. The molecule has 41 heavy (non-hydrogen) atoms. The molecule has 0 saturated heterocycles. The number of hydrogen-bond acceptors (Lipinski definition) is 9. The Morgan fingerprint density at radius 2 is 1.88 bits per heavy atom. The molecule has 4 fully saturated rings. The van der Waals surface area contributed by atoms with Crippen LogP contribution in [0.1, 0.15) is 61.4 Å². The molecule has 4 aliphatic rings. The summed E-state index contributed by atoms with van der Waals surface area (Å²) in [6.45, 7) is 0. The molecule has 0 unspecified atom stereocenters. The van der Waals surface area contributed by atoms with Crippen LogP contribution in [-0.2, 0) is 9.59 Å². The zero-order valence-corrected chi connectivity index (χ0v) is 23.2. The number of pyridine rings is 1. The summed E-state index contributed by atoms with van der Waals surface area (Å²) in [4.78, 5) is 28.9. The normalized spacial score (nSPS) is 26.4. The number of hydrogen-bond donors (Lipinski definition) is 3. The minimum Gasteiger partial charge on any atom is -0.481 e. The molecule has 11 nitrogen and oxygen atoms in total. The van der Waals surface area contributed by atoms with E-state index in [1.165, 1.54) is 0 Å². The SMILES string of the molecule is CNc1cc(-c2ccc3cc(C#N)cnn23)ncc1-c1nnc(C2CCC(NC(=O)C34CC(C(=O)O)(C3)C4)CC2)s1. The van der Waals surface area contributed by atoms with Gasteiger partial charge in [-0.05, 0) is 69.2 Å². The quantitative estimate of drug-likeness (QED) is 0.297. The topological polar surface area (TPSA) is 158 Å². The van der Waals surface area contributed by atoms with Crippen molar-refractivity contribution in [2.24, 2.45) is 10.8 Å². The molecule has 0 spiro atoms. The second-order valence-electron chi connectivity index (χ2n) is 11.6. The smallest absolute Gasteiger partial charge is 0.309 e. The maximum Gasteiger partial charge on any atom is 0.309 e. The van der Waals surface area contributed by atoms with Crippen LogP contribution >= 0.6 is 11.3 Å². The first-order chi connectivity index (χ1) is 19.8. The van der Waals surface area contributed by atoms with Crippen molar-refractivity contribution in [3.63, 3.8) is 0 Å². The largest absolute Gasteiger partial charge is 0.481 e. The molecule has 0 aliphatic heterocycles. The van der Waals surface area contributed by atoms with Gasteiger partial charge in [0.2, 0.25) is 5.91 Å². The Morgan fingerprint density at radius 1 is 1.10 bits per heavy atom. The molecule has 4 aliphatic carbocycles. The number of amides is 1. The summed E-state index contributed by atoms with van der Waals surface area (Å²) in [5.41, 5.74) is 3.58. The lowest BCUT2D eigenvalue weighted by atomic mass is 9.35. The van der Waals surface area contributed by atoms with Crippen molar-refractivity contribution in [2.75, 3.05) is 12.4 Å². The Hall–Kier alpha value is -4.37. The highest BCUT2D eigenvalue weighted by atomic mass is 32.1. The number of aromatic nitrogens is 5. The van der Waals surface area contributed by atoms with Gasteiger partial charge in [0.1, 0.15) is 11.1 Å². The van der Waals surface area contributed by atoms with Crippen LogP contribution in [0.4, 0.5) is 5.69 Å². The lowest BCUT2D eigenvalue weighted by Gasteiger charge is -2.66. The fourth-order valence-corrected chi connectivity index (χ4v) is 7.85. The van der Waals surface area contributed by atoms with E-state index in [0.717, 1.165) is 63.9 Å². The Kier molecular flexibility index (Phi) is 5.83. The summed E-state index contributed by atoms with van der Waals surface area (Å²) in [6.07, 6.45) is 8.38. The predicted molar refractivity (Wildman–Crippen MR) is 151 cm³/mol. The van der Waals surface area contributed by atoms with E-state index in [9.17, 15) is 14.7 Å². The van der Waals surface area contributed by atoms with E-state index < -0.39 is 16.8 Å². The van der Waals surface area contributed by atoms with Crippen molar-refractivity contribution in [2.45, 2.75) is 56.9 Å². The Labute approximate surface area is 239 Å². The molecular formula is C29H28N8O3S. The molecule has 0 radical (unpaired) electrons. The molecule has 0 atom stereocenters. The molecular weight excluding hydrogens is 540 g/mol. The van der Waals surface area contributed by atoms with Crippen LogP contribution in [0.15, 0.2) is 36.7 Å². The standard InChI is InChI=1S/C29H28N8O3S/c1-31-21-9-22(23-7-6-19-8-16(10-30)11-33-37(19)23)32-12-20(21)25-36-35-24(41-25)17-2-4-18(5-3-17)34-26(38)28-13-29(14-28,15-28)27(39)40/h6-9,11-12,17-18H,2-5,13-15H2,1H3,(H,31,32)(H,34,38)(H,39,40). The van der Waals surface area contributed by atoms with Crippen LogP contribution in [0.3, 0.4) is 0 Å². The van der Waals surface area contributed by atoms with Crippen LogP contribution < -0.4 is 10.6 Å². The van der Waals surface area contributed by atoms with Crippen LogP contribution in [0.2, 0.25) is 0 Å². The first-order valence-electron chi connectivity index (χ1n) is 13.8. The number of carboxylic acids is 1. The fraction of sp³-hybridized carbons (Fsp3) is 0.414. The molecule has 4 heterocycles. The fourth-order valence-electron chi connectivity index (χ4n) is 6.81. The third kappa shape index (κ3) is 4.06. The van der Waals surface area contributed by atoms with E-state index in [1.807, 2.05) is 25.2 Å². The number of carbonyl (C=O) groups is 2. The first-order valence-corrected chi connectivity index (χ1v) is 14.6. The minimum atomic E-state index is -0.763. The van der Waals surface area contributed by atoms with Gasteiger partial charge in [-0.25, -0.2) is 4.52 Å².